The van der Waals surface area contributed by atoms with Crippen molar-refractivity contribution in [2.75, 3.05) is 5.75 Å². The highest BCUT2D eigenvalue weighted by molar-refractivity contribution is 7.99. The van der Waals surface area contributed by atoms with Crippen molar-refractivity contribution in [3.8, 4) is 12.3 Å². The highest BCUT2D eigenvalue weighted by Crippen LogP contribution is 2.32. The number of carbonyl (C=O) groups excluding carboxylic acids is 1. The minimum absolute atomic E-state index is 0.295. The number of benzene rings is 1. The van der Waals surface area contributed by atoms with E-state index in [2.05, 4.69) is 5.92 Å². The molecule has 0 bridgehead atoms. The number of rotatable bonds is 4. The van der Waals surface area contributed by atoms with Gasteiger partial charge in [-0.3, -0.25) is 4.79 Å². The summed E-state index contributed by atoms with van der Waals surface area (Å²) in [6.45, 7) is 0. The first kappa shape index (κ1) is 10.3. The third-order valence-corrected chi connectivity index (χ3v) is 3.33. The van der Waals surface area contributed by atoms with E-state index in [9.17, 15) is 4.79 Å². The molecule has 1 nitrogen and oxygen atoms in total. The van der Waals surface area contributed by atoms with Crippen LogP contribution in [0.1, 0.15) is 23.2 Å². The molecule has 15 heavy (non-hydrogen) atoms. The van der Waals surface area contributed by atoms with Gasteiger partial charge >= 0.3 is 0 Å². The lowest BCUT2D eigenvalue weighted by Crippen LogP contribution is -2.00. The molecule has 1 aromatic rings. The summed E-state index contributed by atoms with van der Waals surface area (Å²) in [4.78, 5) is 12.8. The lowest BCUT2D eigenvalue weighted by molar-refractivity contribution is 0.0967. The van der Waals surface area contributed by atoms with Crippen LogP contribution in [0.25, 0.3) is 0 Å². The molecule has 0 aromatic heterocycles. The van der Waals surface area contributed by atoms with Gasteiger partial charge in [-0.25, -0.2) is 0 Å². The van der Waals surface area contributed by atoms with E-state index in [1.165, 1.54) is 0 Å². The van der Waals surface area contributed by atoms with Gasteiger partial charge in [0.05, 0.1) is 5.75 Å². The number of Topliss-reactive ketones (excluding diaryl/α,β-unsaturated/α-hetero) is 1. The third-order valence-electron chi connectivity index (χ3n) is 2.41. The van der Waals surface area contributed by atoms with E-state index in [1.54, 1.807) is 11.8 Å². The van der Waals surface area contributed by atoms with Crippen LogP contribution in [0.4, 0.5) is 0 Å². The minimum Gasteiger partial charge on any atom is -0.294 e. The fourth-order valence-corrected chi connectivity index (χ4v) is 2.00. The second-order valence-electron chi connectivity index (χ2n) is 3.66. The number of hydrogen-bond donors (Lipinski definition) is 0. The third kappa shape index (κ3) is 2.64. The Balaban J connectivity index is 2.03. The fraction of sp³-hybridized carbons (Fsp3) is 0.308. The maximum absolute atomic E-state index is 11.7. The monoisotopic (exact) mass is 216 g/mol. The summed E-state index contributed by atoms with van der Waals surface area (Å²) in [6.07, 6.45) is 7.30. The van der Waals surface area contributed by atoms with Crippen LogP contribution in [-0.4, -0.2) is 11.5 Å². The Hall–Kier alpha value is -1.20. The molecule has 1 aliphatic carbocycles. The lowest BCUT2D eigenvalue weighted by atomic mass is 10.1. The molecule has 0 saturated heterocycles. The number of hydrogen-bond acceptors (Lipinski definition) is 2. The molecule has 1 aromatic carbocycles. The average Bonchev–Trinajstić information content (AvgIpc) is 3.10. The summed E-state index contributed by atoms with van der Waals surface area (Å²) in [5.41, 5.74) is 0.836. The highest BCUT2D eigenvalue weighted by Gasteiger charge is 2.30. The Kier molecular flexibility index (Phi) is 3.13. The van der Waals surface area contributed by atoms with Crippen molar-refractivity contribution in [1.29, 1.82) is 0 Å². The second kappa shape index (κ2) is 4.55. The summed E-state index contributed by atoms with van der Waals surface area (Å²) < 4.78 is 0. The minimum atomic E-state index is 0.295. The van der Waals surface area contributed by atoms with E-state index in [0.717, 1.165) is 23.3 Å². The van der Waals surface area contributed by atoms with E-state index in [-0.39, 0.29) is 0 Å². The molecule has 0 atom stereocenters. The second-order valence-corrected chi connectivity index (χ2v) is 4.70. The maximum Gasteiger partial charge on any atom is 0.165 e. The first-order valence-corrected chi connectivity index (χ1v) is 6.00. The van der Waals surface area contributed by atoms with Crippen molar-refractivity contribution < 1.29 is 4.79 Å². The van der Waals surface area contributed by atoms with Gasteiger partial charge < -0.3 is 0 Å². The van der Waals surface area contributed by atoms with E-state index in [4.69, 9.17) is 6.42 Å². The largest absolute Gasteiger partial charge is 0.294 e. The van der Waals surface area contributed by atoms with E-state index >= 15 is 0 Å². The van der Waals surface area contributed by atoms with Gasteiger partial charge in [0.2, 0.25) is 0 Å². The molecule has 0 heterocycles. The van der Waals surface area contributed by atoms with Gasteiger partial charge in [-0.1, -0.05) is 18.1 Å². The Morgan fingerprint density at radius 2 is 2.07 bits per heavy atom. The normalized spacial score (nSPS) is 14.6. The molecule has 0 radical (unpaired) electrons. The molecular formula is C13H12OS. The molecule has 0 N–H and O–H groups in total. The molecule has 1 aliphatic rings. The van der Waals surface area contributed by atoms with Gasteiger partial charge in [0.25, 0.3) is 0 Å². The van der Waals surface area contributed by atoms with Crippen LogP contribution in [0.2, 0.25) is 0 Å². The molecular weight excluding hydrogens is 204 g/mol. The van der Waals surface area contributed by atoms with Crippen molar-refractivity contribution in [2.24, 2.45) is 5.92 Å². The van der Waals surface area contributed by atoms with Gasteiger partial charge in [-0.05, 0) is 25.0 Å². The van der Waals surface area contributed by atoms with Crippen molar-refractivity contribution in [3.63, 3.8) is 0 Å². The standard InChI is InChI=1S/C13H12OS/c1-2-9-15-12-7-5-11(6-8-12)13(14)10-3-4-10/h1,5-8,10H,3-4,9H2. The SMILES string of the molecule is C#CCSc1ccc(C(=O)C2CC2)cc1. The van der Waals surface area contributed by atoms with Crippen molar-refractivity contribution >= 4 is 17.5 Å². The number of ketones is 1. The van der Waals surface area contributed by atoms with Gasteiger partial charge in [-0.2, -0.15) is 0 Å². The van der Waals surface area contributed by atoms with Gasteiger partial charge in [0.15, 0.2) is 5.78 Å². The maximum atomic E-state index is 11.7. The molecule has 2 heteroatoms. The predicted molar refractivity (Wildman–Crippen MR) is 63.1 cm³/mol. The van der Waals surface area contributed by atoms with Crippen molar-refractivity contribution in [2.45, 2.75) is 17.7 Å². The molecule has 0 aliphatic heterocycles. The van der Waals surface area contributed by atoms with Crippen LogP contribution in [-0.2, 0) is 0 Å². The van der Waals surface area contributed by atoms with Crippen LogP contribution in [0.5, 0.6) is 0 Å². The number of carbonyl (C=O) groups is 1. The summed E-state index contributed by atoms with van der Waals surface area (Å²) in [5.74, 6) is 3.85. The van der Waals surface area contributed by atoms with Crippen LogP contribution >= 0.6 is 11.8 Å². The predicted octanol–water partition coefficient (Wildman–Crippen LogP) is 3.00. The molecule has 2 rings (SSSR count). The first-order chi connectivity index (χ1) is 7.31. The lowest BCUT2D eigenvalue weighted by Gasteiger charge is -2.00. The van der Waals surface area contributed by atoms with Crippen LogP contribution in [0, 0.1) is 18.3 Å². The fourth-order valence-electron chi connectivity index (χ4n) is 1.42. The first-order valence-electron chi connectivity index (χ1n) is 5.02. The molecule has 0 spiro atoms. The Bertz CT molecular complexity index is 396. The van der Waals surface area contributed by atoms with E-state index in [1.807, 2.05) is 24.3 Å². The molecule has 0 unspecified atom stereocenters. The Labute approximate surface area is 94.3 Å². The van der Waals surface area contributed by atoms with E-state index < -0.39 is 0 Å². The topological polar surface area (TPSA) is 17.1 Å². The molecule has 1 fully saturated rings. The molecule has 76 valence electrons. The summed E-state index contributed by atoms with van der Waals surface area (Å²) in [5, 5.41) is 0. The number of terminal acetylenes is 1. The summed E-state index contributed by atoms with van der Waals surface area (Å²) in [6, 6.07) is 7.74. The van der Waals surface area contributed by atoms with Gasteiger partial charge in [0, 0.05) is 16.4 Å². The highest BCUT2D eigenvalue weighted by atomic mass is 32.2. The quantitative estimate of drug-likeness (QED) is 0.437. The van der Waals surface area contributed by atoms with Gasteiger partial charge in [0.1, 0.15) is 0 Å². The summed E-state index contributed by atoms with van der Waals surface area (Å²) in [7, 11) is 0. The van der Waals surface area contributed by atoms with Crippen molar-refractivity contribution in [1.82, 2.24) is 0 Å². The zero-order valence-electron chi connectivity index (χ0n) is 8.40. The molecule has 1 saturated carbocycles. The van der Waals surface area contributed by atoms with Crippen LogP contribution in [0.15, 0.2) is 29.2 Å². The van der Waals surface area contributed by atoms with Crippen LogP contribution < -0.4 is 0 Å². The van der Waals surface area contributed by atoms with Gasteiger partial charge in [-0.15, -0.1) is 18.2 Å². The molecule has 0 amide bonds. The number of thioether (sulfide) groups is 1. The Morgan fingerprint density at radius 3 is 2.60 bits per heavy atom. The zero-order valence-corrected chi connectivity index (χ0v) is 9.22. The van der Waals surface area contributed by atoms with Crippen LogP contribution in [0.3, 0.4) is 0 Å². The smallest absolute Gasteiger partial charge is 0.165 e. The van der Waals surface area contributed by atoms with Crippen molar-refractivity contribution in [3.05, 3.63) is 29.8 Å². The zero-order chi connectivity index (χ0) is 10.7. The van der Waals surface area contributed by atoms with E-state index in [0.29, 0.717) is 17.5 Å². The average molecular weight is 216 g/mol. The summed E-state index contributed by atoms with van der Waals surface area (Å²) >= 11 is 1.62. The Morgan fingerprint density at radius 1 is 1.40 bits per heavy atom.